The lowest BCUT2D eigenvalue weighted by Gasteiger charge is -2.13. The van der Waals surface area contributed by atoms with Crippen molar-refractivity contribution in [3.63, 3.8) is 0 Å². The first kappa shape index (κ1) is 15.0. The molecule has 0 saturated carbocycles. The maximum Gasteiger partial charge on any atom is 0.221 e. The number of carbonyl (C=O) groups excluding carboxylic acids is 1. The van der Waals surface area contributed by atoms with E-state index in [1.54, 1.807) is 7.11 Å². The molecule has 0 atom stereocenters. The number of hydrogen-bond donors (Lipinski definition) is 2. The summed E-state index contributed by atoms with van der Waals surface area (Å²) in [5.41, 5.74) is 7.01. The van der Waals surface area contributed by atoms with Gasteiger partial charge in [-0.3, -0.25) is 4.79 Å². The summed E-state index contributed by atoms with van der Waals surface area (Å²) in [6.45, 7) is 5.32. The second kappa shape index (κ2) is 8.16. The predicted octanol–water partition coefficient (Wildman–Crippen LogP) is 0.938. The molecule has 0 aliphatic carbocycles. The minimum absolute atomic E-state index is 0.211. The number of primary amides is 1. The topological polar surface area (TPSA) is 73.6 Å². The molecule has 5 heteroatoms. The van der Waals surface area contributed by atoms with E-state index in [4.69, 9.17) is 15.2 Å². The van der Waals surface area contributed by atoms with Crippen LogP contribution in [-0.4, -0.2) is 26.2 Å². The van der Waals surface area contributed by atoms with Crippen molar-refractivity contribution in [2.24, 2.45) is 5.73 Å². The zero-order valence-corrected chi connectivity index (χ0v) is 11.1. The van der Waals surface area contributed by atoms with Gasteiger partial charge in [0.1, 0.15) is 6.61 Å². The van der Waals surface area contributed by atoms with Crippen LogP contribution in [0.3, 0.4) is 0 Å². The third-order valence-electron chi connectivity index (χ3n) is 2.51. The van der Waals surface area contributed by atoms with Gasteiger partial charge in [0, 0.05) is 13.7 Å². The Morgan fingerprint density at radius 2 is 2.05 bits per heavy atom. The molecule has 1 aromatic carbocycles. The van der Waals surface area contributed by atoms with Gasteiger partial charge in [-0.05, 0) is 17.7 Å². The van der Waals surface area contributed by atoms with Crippen LogP contribution in [0, 0.1) is 0 Å². The monoisotopic (exact) mass is 264 g/mol. The van der Waals surface area contributed by atoms with E-state index in [0.717, 1.165) is 11.1 Å². The number of nitrogens with one attached hydrogen (secondary N) is 1. The Balaban J connectivity index is 2.48. The molecule has 0 bridgehead atoms. The first-order valence-electron chi connectivity index (χ1n) is 6.03. The molecule has 5 nitrogen and oxygen atoms in total. The minimum atomic E-state index is -0.357. The standard InChI is InChI=1S/C14H20N2O3/c1-11(16-7-8-18-2)19-10-13-6-4-3-5-12(13)9-14(15)17/h3-6,16H,1,7-10H2,2H3,(H2,15,17). The lowest BCUT2D eigenvalue weighted by atomic mass is 10.1. The highest BCUT2D eigenvalue weighted by Crippen LogP contribution is 2.11. The number of methoxy groups -OCH3 is 1. The van der Waals surface area contributed by atoms with Crippen molar-refractivity contribution in [2.45, 2.75) is 13.0 Å². The number of carbonyl (C=O) groups is 1. The molecule has 1 amide bonds. The van der Waals surface area contributed by atoms with E-state index in [2.05, 4.69) is 11.9 Å². The lowest BCUT2D eigenvalue weighted by Crippen LogP contribution is -2.20. The Bertz CT molecular complexity index is 432. The van der Waals surface area contributed by atoms with Gasteiger partial charge in [-0.15, -0.1) is 0 Å². The van der Waals surface area contributed by atoms with Gasteiger partial charge >= 0.3 is 0 Å². The van der Waals surface area contributed by atoms with E-state index in [9.17, 15) is 4.79 Å². The minimum Gasteiger partial charge on any atom is -0.475 e. The van der Waals surface area contributed by atoms with Crippen molar-refractivity contribution in [1.82, 2.24) is 5.32 Å². The normalized spacial score (nSPS) is 9.95. The smallest absolute Gasteiger partial charge is 0.221 e. The highest BCUT2D eigenvalue weighted by atomic mass is 16.5. The van der Waals surface area contributed by atoms with Crippen LogP contribution in [0.15, 0.2) is 36.7 Å². The van der Waals surface area contributed by atoms with Crippen LogP contribution in [0.1, 0.15) is 11.1 Å². The van der Waals surface area contributed by atoms with Crippen molar-refractivity contribution >= 4 is 5.91 Å². The first-order chi connectivity index (χ1) is 9.13. The van der Waals surface area contributed by atoms with E-state index in [1.807, 2.05) is 24.3 Å². The lowest BCUT2D eigenvalue weighted by molar-refractivity contribution is -0.117. The molecule has 104 valence electrons. The van der Waals surface area contributed by atoms with Crippen molar-refractivity contribution in [3.8, 4) is 0 Å². The van der Waals surface area contributed by atoms with Gasteiger partial charge in [-0.2, -0.15) is 0 Å². The molecule has 0 aliphatic heterocycles. The Morgan fingerprint density at radius 1 is 1.37 bits per heavy atom. The summed E-state index contributed by atoms with van der Waals surface area (Å²) in [7, 11) is 1.63. The first-order valence-corrected chi connectivity index (χ1v) is 6.03. The van der Waals surface area contributed by atoms with Crippen LogP contribution in [0.25, 0.3) is 0 Å². The second-order valence-corrected chi connectivity index (χ2v) is 4.04. The van der Waals surface area contributed by atoms with Crippen LogP contribution in [-0.2, 0) is 27.3 Å². The van der Waals surface area contributed by atoms with Gasteiger partial charge in [-0.1, -0.05) is 24.3 Å². The van der Waals surface area contributed by atoms with Gasteiger partial charge in [0.15, 0.2) is 5.88 Å². The Hall–Kier alpha value is -2.01. The summed E-state index contributed by atoms with van der Waals surface area (Å²) < 4.78 is 10.4. The molecule has 0 aromatic heterocycles. The Kier molecular flexibility index (Phi) is 6.46. The average molecular weight is 264 g/mol. The molecule has 19 heavy (non-hydrogen) atoms. The Labute approximate surface area is 113 Å². The van der Waals surface area contributed by atoms with Gasteiger partial charge in [-0.25, -0.2) is 0 Å². The van der Waals surface area contributed by atoms with Gasteiger partial charge in [0.2, 0.25) is 5.91 Å². The predicted molar refractivity (Wildman–Crippen MR) is 73.1 cm³/mol. The molecule has 0 unspecified atom stereocenters. The molecule has 0 aliphatic rings. The van der Waals surface area contributed by atoms with Crippen molar-refractivity contribution in [1.29, 1.82) is 0 Å². The van der Waals surface area contributed by atoms with Crippen LogP contribution >= 0.6 is 0 Å². The van der Waals surface area contributed by atoms with Crippen molar-refractivity contribution in [3.05, 3.63) is 47.9 Å². The summed E-state index contributed by atoms with van der Waals surface area (Å²) in [5.74, 6) is 0.121. The Morgan fingerprint density at radius 3 is 2.68 bits per heavy atom. The zero-order chi connectivity index (χ0) is 14.1. The fourth-order valence-electron chi connectivity index (χ4n) is 1.57. The SMILES string of the molecule is C=C(NCCOC)OCc1ccccc1CC(N)=O. The fourth-order valence-corrected chi connectivity index (χ4v) is 1.57. The van der Waals surface area contributed by atoms with Gasteiger partial charge < -0.3 is 20.5 Å². The van der Waals surface area contributed by atoms with Crippen molar-refractivity contribution < 1.29 is 14.3 Å². The number of hydrogen-bond acceptors (Lipinski definition) is 4. The van der Waals surface area contributed by atoms with Crippen molar-refractivity contribution in [2.75, 3.05) is 20.3 Å². The van der Waals surface area contributed by atoms with E-state index in [1.165, 1.54) is 0 Å². The van der Waals surface area contributed by atoms with Gasteiger partial charge in [0.05, 0.1) is 13.0 Å². The molecule has 1 rings (SSSR count). The highest BCUT2D eigenvalue weighted by molar-refractivity contribution is 5.76. The second-order valence-electron chi connectivity index (χ2n) is 4.04. The molecule has 3 N–H and O–H groups in total. The summed E-state index contributed by atoms with van der Waals surface area (Å²) >= 11 is 0. The number of ether oxygens (including phenoxy) is 2. The third kappa shape index (κ3) is 5.92. The van der Waals surface area contributed by atoms with E-state index >= 15 is 0 Å². The molecule has 0 radical (unpaired) electrons. The summed E-state index contributed by atoms with van der Waals surface area (Å²) in [6, 6.07) is 7.53. The van der Waals surface area contributed by atoms with E-state index in [0.29, 0.717) is 25.6 Å². The molecular weight excluding hydrogens is 244 g/mol. The van der Waals surface area contributed by atoms with Crippen LogP contribution < -0.4 is 11.1 Å². The van der Waals surface area contributed by atoms with Gasteiger partial charge in [0.25, 0.3) is 0 Å². The maximum atomic E-state index is 11.0. The molecule has 0 saturated heterocycles. The fraction of sp³-hybridized carbons (Fsp3) is 0.357. The average Bonchev–Trinajstić information content (AvgIpc) is 2.37. The number of nitrogens with two attached hydrogens (primary N) is 1. The third-order valence-corrected chi connectivity index (χ3v) is 2.51. The zero-order valence-electron chi connectivity index (χ0n) is 11.1. The van der Waals surface area contributed by atoms with E-state index in [-0.39, 0.29) is 12.3 Å². The molecular formula is C14H20N2O3. The molecule has 1 aromatic rings. The quantitative estimate of drug-likeness (QED) is 0.514. The summed E-state index contributed by atoms with van der Waals surface area (Å²) in [6.07, 6.45) is 0.211. The highest BCUT2D eigenvalue weighted by Gasteiger charge is 2.05. The number of benzene rings is 1. The number of rotatable bonds is 9. The largest absolute Gasteiger partial charge is 0.475 e. The summed E-state index contributed by atoms with van der Waals surface area (Å²) in [4.78, 5) is 11.0. The van der Waals surface area contributed by atoms with E-state index < -0.39 is 0 Å². The molecule has 0 spiro atoms. The summed E-state index contributed by atoms with van der Waals surface area (Å²) in [5, 5.41) is 2.98. The molecule has 0 fully saturated rings. The van der Waals surface area contributed by atoms with Crippen LogP contribution in [0.5, 0.6) is 0 Å². The van der Waals surface area contributed by atoms with Crippen LogP contribution in [0.2, 0.25) is 0 Å². The van der Waals surface area contributed by atoms with Crippen LogP contribution in [0.4, 0.5) is 0 Å². The molecule has 0 heterocycles. The maximum absolute atomic E-state index is 11.0. The number of amides is 1.